The predicted molar refractivity (Wildman–Crippen MR) is 66.8 cm³/mol. The Morgan fingerprint density at radius 2 is 2.11 bits per heavy atom. The van der Waals surface area contributed by atoms with Crippen molar-refractivity contribution in [2.24, 2.45) is 0 Å². The van der Waals surface area contributed by atoms with Crippen LogP contribution in [0.25, 0.3) is 0 Å². The number of hydrogen-bond acceptors (Lipinski definition) is 4. The van der Waals surface area contributed by atoms with Gasteiger partial charge in [-0.05, 0) is 17.7 Å². The molecule has 0 radical (unpaired) electrons. The summed E-state index contributed by atoms with van der Waals surface area (Å²) in [4.78, 5) is 11.5. The Morgan fingerprint density at radius 3 is 2.89 bits per heavy atom. The molecule has 2 atom stereocenters. The molecule has 2 aliphatic carbocycles. The molecule has 3 N–H and O–H groups in total. The normalized spacial score (nSPS) is 29.9. The van der Waals surface area contributed by atoms with Gasteiger partial charge < -0.3 is 15.5 Å². The molecular formula is C13H10ClNO3. The highest BCUT2D eigenvalue weighted by atomic mass is 35.5. The van der Waals surface area contributed by atoms with E-state index in [1.54, 1.807) is 12.2 Å². The smallest absolute Gasteiger partial charge is 0.230 e. The van der Waals surface area contributed by atoms with E-state index in [4.69, 9.17) is 11.6 Å². The van der Waals surface area contributed by atoms with Crippen LogP contribution in [0.3, 0.4) is 0 Å². The minimum atomic E-state index is -1.33. The highest BCUT2D eigenvalue weighted by Gasteiger charge is 2.34. The largest absolute Gasteiger partial charge is 0.504 e. The van der Waals surface area contributed by atoms with Gasteiger partial charge >= 0.3 is 0 Å². The van der Waals surface area contributed by atoms with Crippen LogP contribution in [0.1, 0.15) is 0 Å². The lowest BCUT2D eigenvalue weighted by molar-refractivity contribution is -0.124. The van der Waals surface area contributed by atoms with Gasteiger partial charge in [-0.3, -0.25) is 4.79 Å². The second-order valence-electron chi connectivity index (χ2n) is 4.30. The molecule has 0 fully saturated rings. The second-order valence-corrected chi connectivity index (χ2v) is 4.73. The van der Waals surface area contributed by atoms with E-state index in [-0.39, 0.29) is 6.04 Å². The van der Waals surface area contributed by atoms with Crippen molar-refractivity contribution in [2.75, 3.05) is 0 Å². The fourth-order valence-electron chi connectivity index (χ4n) is 2.22. The van der Waals surface area contributed by atoms with Gasteiger partial charge in [0.15, 0.2) is 5.76 Å². The fraction of sp³-hybridized carbons (Fsp3) is 0.154. The maximum Gasteiger partial charge on any atom is 0.230 e. The van der Waals surface area contributed by atoms with Crippen molar-refractivity contribution in [3.63, 3.8) is 0 Å². The summed E-state index contributed by atoms with van der Waals surface area (Å²) in [6, 6.07) is -0.195. The Labute approximate surface area is 108 Å². The molecule has 92 valence electrons. The number of Topliss-reactive ketones (excluding diaryl/α,β-unsaturated/α-hetero) is 1. The van der Waals surface area contributed by atoms with E-state index >= 15 is 0 Å². The lowest BCUT2D eigenvalue weighted by Gasteiger charge is -2.32. The van der Waals surface area contributed by atoms with Crippen molar-refractivity contribution in [1.29, 1.82) is 0 Å². The number of hydrogen-bond donors (Lipinski definition) is 3. The molecule has 0 amide bonds. The van der Waals surface area contributed by atoms with E-state index < -0.39 is 17.6 Å². The predicted octanol–water partition coefficient (Wildman–Crippen LogP) is 1.22. The Morgan fingerprint density at radius 1 is 1.33 bits per heavy atom. The van der Waals surface area contributed by atoms with Crippen LogP contribution in [-0.4, -0.2) is 28.1 Å². The molecule has 5 heteroatoms. The summed E-state index contributed by atoms with van der Waals surface area (Å²) in [5.74, 6) is -1.13. The van der Waals surface area contributed by atoms with Gasteiger partial charge in [-0.1, -0.05) is 23.8 Å². The van der Waals surface area contributed by atoms with Gasteiger partial charge in [0.05, 0.1) is 6.04 Å². The van der Waals surface area contributed by atoms with Crippen molar-refractivity contribution in [1.82, 2.24) is 5.32 Å². The van der Waals surface area contributed by atoms with Gasteiger partial charge in [-0.2, -0.15) is 0 Å². The zero-order valence-corrected chi connectivity index (χ0v) is 9.98. The summed E-state index contributed by atoms with van der Waals surface area (Å²) in [7, 11) is 0. The van der Waals surface area contributed by atoms with E-state index in [0.29, 0.717) is 16.3 Å². The van der Waals surface area contributed by atoms with Gasteiger partial charge in [0.1, 0.15) is 6.10 Å². The first-order chi connectivity index (χ1) is 8.58. The molecule has 0 saturated carbocycles. The van der Waals surface area contributed by atoms with Gasteiger partial charge in [0, 0.05) is 22.4 Å². The van der Waals surface area contributed by atoms with Crippen molar-refractivity contribution in [2.45, 2.75) is 12.1 Å². The minimum absolute atomic E-state index is 0.195. The van der Waals surface area contributed by atoms with Crippen molar-refractivity contribution in [3.8, 4) is 0 Å². The SMILES string of the molecule is O=C1C(O)=CC2=C(C=C3C=CC=C(Cl)C3N2)C1O. The van der Waals surface area contributed by atoms with Crippen LogP contribution in [0.2, 0.25) is 0 Å². The standard InChI is InChI=1S/C13H10ClNO3/c14-8-3-1-2-6-4-7-9(15-11(6)8)5-10(16)13(18)12(7)17/h1-5,11-12,15-17H. The third-order valence-corrected chi connectivity index (χ3v) is 3.51. The van der Waals surface area contributed by atoms with E-state index in [1.165, 1.54) is 6.08 Å². The van der Waals surface area contributed by atoms with Crippen LogP contribution in [0, 0.1) is 0 Å². The van der Waals surface area contributed by atoms with Gasteiger partial charge in [-0.25, -0.2) is 0 Å². The first kappa shape index (κ1) is 11.3. The highest BCUT2D eigenvalue weighted by Crippen LogP contribution is 2.32. The van der Waals surface area contributed by atoms with Crippen LogP contribution in [0.4, 0.5) is 0 Å². The number of fused-ring (bicyclic) bond motifs is 1. The average molecular weight is 264 g/mol. The molecule has 3 rings (SSSR count). The zero-order chi connectivity index (χ0) is 12.9. The minimum Gasteiger partial charge on any atom is -0.504 e. The number of ketones is 1. The number of aliphatic hydroxyl groups excluding tert-OH is 2. The summed E-state index contributed by atoms with van der Waals surface area (Å²) in [5, 5.41) is 23.0. The molecule has 0 aromatic carbocycles. The third kappa shape index (κ3) is 1.54. The molecule has 0 saturated heterocycles. The number of halogens is 1. The maximum atomic E-state index is 11.5. The molecule has 4 nitrogen and oxygen atoms in total. The molecule has 0 bridgehead atoms. The summed E-state index contributed by atoms with van der Waals surface area (Å²) in [6.45, 7) is 0. The number of carbonyl (C=O) groups excluding carboxylic acids is 1. The number of nitrogens with one attached hydrogen (secondary N) is 1. The van der Waals surface area contributed by atoms with E-state index in [1.807, 2.05) is 12.2 Å². The van der Waals surface area contributed by atoms with Gasteiger partial charge in [0.2, 0.25) is 5.78 Å². The van der Waals surface area contributed by atoms with Crippen molar-refractivity contribution < 1.29 is 15.0 Å². The number of allylic oxidation sites excluding steroid dienone is 3. The Bertz CT molecular complexity index is 595. The van der Waals surface area contributed by atoms with E-state index in [2.05, 4.69) is 5.32 Å². The molecule has 1 heterocycles. The summed E-state index contributed by atoms with van der Waals surface area (Å²) < 4.78 is 0. The molecule has 3 aliphatic rings. The van der Waals surface area contributed by atoms with Gasteiger partial charge in [-0.15, -0.1) is 0 Å². The van der Waals surface area contributed by atoms with E-state index in [0.717, 1.165) is 5.57 Å². The molecule has 1 aliphatic heterocycles. The van der Waals surface area contributed by atoms with Crippen molar-refractivity contribution in [3.05, 3.63) is 58.0 Å². The molecule has 18 heavy (non-hydrogen) atoms. The molecule has 0 spiro atoms. The van der Waals surface area contributed by atoms with Crippen molar-refractivity contribution >= 4 is 17.4 Å². The van der Waals surface area contributed by atoms with Crippen LogP contribution >= 0.6 is 11.6 Å². The molecule has 0 aromatic rings. The topological polar surface area (TPSA) is 69.6 Å². The Kier molecular flexibility index (Phi) is 2.43. The zero-order valence-electron chi connectivity index (χ0n) is 9.22. The lowest BCUT2D eigenvalue weighted by Crippen LogP contribution is -2.40. The van der Waals surface area contributed by atoms with Crippen LogP contribution < -0.4 is 5.32 Å². The Balaban J connectivity index is 2.08. The average Bonchev–Trinajstić information content (AvgIpc) is 2.36. The first-order valence-electron chi connectivity index (χ1n) is 5.47. The lowest BCUT2D eigenvalue weighted by atomic mass is 9.88. The molecular weight excluding hydrogens is 254 g/mol. The second kappa shape index (κ2) is 3.86. The number of carbonyl (C=O) groups is 1. The third-order valence-electron chi connectivity index (χ3n) is 3.16. The fourth-order valence-corrected chi connectivity index (χ4v) is 2.48. The van der Waals surface area contributed by atoms with Crippen LogP contribution in [0.15, 0.2) is 58.0 Å². The monoisotopic (exact) mass is 263 g/mol. The number of aliphatic hydroxyl groups is 2. The first-order valence-corrected chi connectivity index (χ1v) is 5.84. The summed E-state index contributed by atoms with van der Waals surface area (Å²) >= 11 is 6.09. The van der Waals surface area contributed by atoms with Crippen LogP contribution in [-0.2, 0) is 4.79 Å². The summed E-state index contributed by atoms with van der Waals surface area (Å²) in [5.41, 5.74) is 1.86. The van der Waals surface area contributed by atoms with E-state index in [9.17, 15) is 15.0 Å². The summed E-state index contributed by atoms with van der Waals surface area (Å²) in [6.07, 6.45) is 7.17. The number of rotatable bonds is 0. The van der Waals surface area contributed by atoms with Crippen LogP contribution in [0.5, 0.6) is 0 Å². The quantitative estimate of drug-likeness (QED) is 0.615. The number of dihydropyridines is 1. The Hall–Kier alpha value is -1.78. The maximum absolute atomic E-state index is 11.5. The molecule has 2 unspecified atom stereocenters. The highest BCUT2D eigenvalue weighted by molar-refractivity contribution is 6.31. The van der Waals surface area contributed by atoms with Gasteiger partial charge in [0.25, 0.3) is 0 Å². The molecule has 0 aromatic heterocycles.